The molecule has 3 rings (SSSR count). The number of hydrogen-bond acceptors (Lipinski definition) is 5. The van der Waals surface area contributed by atoms with Crippen LogP contribution in [0, 0.1) is 5.82 Å². The molecule has 34 heavy (non-hydrogen) atoms. The Hall–Kier alpha value is -2.75. The van der Waals surface area contributed by atoms with E-state index in [9.17, 15) is 17.6 Å². The minimum atomic E-state index is -4.04. The number of amides is 1. The monoisotopic (exact) mass is 522 g/mol. The molecule has 0 radical (unpaired) electrons. The number of anilines is 1. The van der Waals surface area contributed by atoms with Gasteiger partial charge in [-0.05, 0) is 42.0 Å². The quantitative estimate of drug-likeness (QED) is 0.368. The van der Waals surface area contributed by atoms with Gasteiger partial charge < -0.3 is 10.1 Å². The summed E-state index contributed by atoms with van der Waals surface area (Å²) < 4.78 is 46.5. The highest BCUT2D eigenvalue weighted by molar-refractivity contribution is 7.98. The van der Waals surface area contributed by atoms with Gasteiger partial charge in [-0.1, -0.05) is 48.0 Å². The summed E-state index contributed by atoms with van der Waals surface area (Å²) in [5.41, 5.74) is 0.828. The van der Waals surface area contributed by atoms with E-state index in [1.807, 2.05) is 0 Å². The molecule has 0 aliphatic heterocycles. The van der Waals surface area contributed by atoms with Crippen molar-refractivity contribution in [3.8, 4) is 5.75 Å². The molecule has 3 aromatic carbocycles. The van der Waals surface area contributed by atoms with Crippen LogP contribution in [0.5, 0.6) is 5.75 Å². The SMILES string of the molecule is COc1ccc(N(CC(=O)NCCSCc2ccccc2F)S(=O)(=O)c2ccccc2)cc1Cl. The third-order valence-electron chi connectivity index (χ3n) is 4.83. The van der Waals surface area contributed by atoms with Gasteiger partial charge in [-0.25, -0.2) is 12.8 Å². The number of benzene rings is 3. The molecule has 0 aliphatic carbocycles. The van der Waals surface area contributed by atoms with E-state index in [0.29, 0.717) is 29.4 Å². The lowest BCUT2D eigenvalue weighted by Gasteiger charge is -2.24. The molecule has 0 aliphatic rings. The Labute approximate surface area is 208 Å². The van der Waals surface area contributed by atoms with Crippen molar-refractivity contribution in [1.29, 1.82) is 0 Å². The Morgan fingerprint density at radius 3 is 2.47 bits per heavy atom. The fraction of sp³-hybridized carbons (Fsp3) is 0.208. The number of carbonyl (C=O) groups excluding carboxylic acids is 1. The Balaban J connectivity index is 1.68. The molecule has 3 aromatic rings. The third kappa shape index (κ3) is 6.65. The van der Waals surface area contributed by atoms with E-state index < -0.39 is 22.5 Å². The third-order valence-corrected chi connectivity index (χ3v) is 7.92. The van der Waals surface area contributed by atoms with Crippen LogP contribution >= 0.6 is 23.4 Å². The number of carbonyl (C=O) groups is 1. The lowest BCUT2D eigenvalue weighted by Crippen LogP contribution is -2.41. The van der Waals surface area contributed by atoms with Crippen LogP contribution in [0.1, 0.15) is 5.56 Å². The first kappa shape index (κ1) is 25.9. The molecule has 0 bridgehead atoms. The predicted molar refractivity (Wildman–Crippen MR) is 135 cm³/mol. The lowest BCUT2D eigenvalue weighted by molar-refractivity contribution is -0.119. The van der Waals surface area contributed by atoms with Crippen LogP contribution in [-0.2, 0) is 20.6 Å². The minimum Gasteiger partial charge on any atom is -0.495 e. The number of methoxy groups -OCH3 is 1. The summed E-state index contributed by atoms with van der Waals surface area (Å²) in [5, 5.41) is 2.95. The average molecular weight is 523 g/mol. The number of hydrogen-bond donors (Lipinski definition) is 1. The minimum absolute atomic E-state index is 0.0511. The van der Waals surface area contributed by atoms with Gasteiger partial charge in [0.1, 0.15) is 18.1 Å². The second-order valence-electron chi connectivity index (χ2n) is 7.14. The van der Waals surface area contributed by atoms with Crippen LogP contribution in [0.2, 0.25) is 5.02 Å². The number of halogens is 2. The number of rotatable bonds is 11. The first-order valence-corrected chi connectivity index (χ1v) is 13.3. The van der Waals surface area contributed by atoms with Crippen LogP contribution in [0.15, 0.2) is 77.7 Å². The van der Waals surface area contributed by atoms with E-state index in [1.165, 1.54) is 49.2 Å². The fourth-order valence-electron chi connectivity index (χ4n) is 3.09. The molecule has 0 fully saturated rings. The van der Waals surface area contributed by atoms with Gasteiger partial charge in [0.25, 0.3) is 10.0 Å². The summed E-state index contributed by atoms with van der Waals surface area (Å²) in [6, 6.07) is 18.9. The normalized spacial score (nSPS) is 11.1. The maximum Gasteiger partial charge on any atom is 0.264 e. The fourth-order valence-corrected chi connectivity index (χ4v) is 5.62. The van der Waals surface area contributed by atoms with Gasteiger partial charge in [-0.3, -0.25) is 9.10 Å². The van der Waals surface area contributed by atoms with Crippen molar-refractivity contribution in [3.05, 3.63) is 89.2 Å². The number of nitrogens with zero attached hydrogens (tertiary/aromatic N) is 1. The van der Waals surface area contributed by atoms with Crippen LogP contribution in [0.25, 0.3) is 0 Å². The summed E-state index contributed by atoms with van der Waals surface area (Å²) in [7, 11) is -2.58. The molecule has 0 unspecified atom stereocenters. The molecule has 0 aromatic heterocycles. The molecule has 0 heterocycles. The van der Waals surface area contributed by atoms with Gasteiger partial charge in [0.05, 0.1) is 22.7 Å². The van der Waals surface area contributed by atoms with Gasteiger partial charge in [-0.2, -0.15) is 11.8 Å². The van der Waals surface area contributed by atoms with Crippen LogP contribution in [0.3, 0.4) is 0 Å². The van der Waals surface area contributed by atoms with Crippen molar-refractivity contribution >= 4 is 45.0 Å². The van der Waals surface area contributed by atoms with Gasteiger partial charge in [-0.15, -0.1) is 0 Å². The zero-order valence-electron chi connectivity index (χ0n) is 18.4. The zero-order valence-corrected chi connectivity index (χ0v) is 20.8. The first-order chi connectivity index (χ1) is 16.3. The number of ether oxygens (including phenoxy) is 1. The van der Waals surface area contributed by atoms with Crippen molar-refractivity contribution in [1.82, 2.24) is 5.32 Å². The van der Waals surface area contributed by atoms with E-state index in [2.05, 4.69) is 5.32 Å². The smallest absolute Gasteiger partial charge is 0.264 e. The maximum atomic E-state index is 13.7. The molecule has 0 saturated carbocycles. The second-order valence-corrected chi connectivity index (χ2v) is 10.5. The molecule has 0 saturated heterocycles. The summed E-state index contributed by atoms with van der Waals surface area (Å²) in [5.74, 6) is 0.664. The van der Waals surface area contributed by atoms with Crippen LogP contribution < -0.4 is 14.4 Å². The Kier molecular flexibility index (Phi) is 9.20. The van der Waals surface area contributed by atoms with Gasteiger partial charge >= 0.3 is 0 Å². The van der Waals surface area contributed by atoms with Crippen LogP contribution in [-0.4, -0.2) is 40.3 Å². The van der Waals surface area contributed by atoms with Gasteiger partial charge in [0.15, 0.2) is 0 Å². The highest BCUT2D eigenvalue weighted by Crippen LogP contribution is 2.31. The molecule has 0 spiro atoms. The Morgan fingerprint density at radius 2 is 1.79 bits per heavy atom. The molecule has 1 amide bonds. The van der Waals surface area contributed by atoms with E-state index in [0.717, 1.165) is 4.31 Å². The zero-order chi connectivity index (χ0) is 24.6. The standard InChI is InChI=1S/C24H24ClFN2O4S2/c1-32-23-12-11-19(15-21(23)25)28(34(30,31)20-8-3-2-4-9-20)16-24(29)27-13-14-33-17-18-7-5-6-10-22(18)26/h2-12,15H,13-14,16-17H2,1H3,(H,27,29). The summed E-state index contributed by atoms with van der Waals surface area (Å²) in [4.78, 5) is 12.7. The van der Waals surface area contributed by atoms with Gasteiger partial charge in [0, 0.05) is 18.1 Å². The van der Waals surface area contributed by atoms with E-state index in [1.54, 1.807) is 42.5 Å². The molecule has 180 valence electrons. The maximum absolute atomic E-state index is 13.7. The van der Waals surface area contributed by atoms with E-state index in [4.69, 9.17) is 16.3 Å². The van der Waals surface area contributed by atoms with Crippen molar-refractivity contribution in [2.24, 2.45) is 0 Å². The average Bonchev–Trinajstić information content (AvgIpc) is 2.84. The summed E-state index contributed by atoms with van der Waals surface area (Å²) in [6.07, 6.45) is 0. The molecule has 0 atom stereocenters. The number of sulfonamides is 1. The highest BCUT2D eigenvalue weighted by atomic mass is 35.5. The molecular formula is C24H24ClFN2O4S2. The largest absolute Gasteiger partial charge is 0.495 e. The summed E-state index contributed by atoms with van der Waals surface area (Å²) in [6.45, 7) is -0.127. The topological polar surface area (TPSA) is 75.7 Å². The molecular weight excluding hydrogens is 499 g/mol. The predicted octanol–water partition coefficient (Wildman–Crippen LogP) is 4.73. The molecule has 6 nitrogen and oxygen atoms in total. The highest BCUT2D eigenvalue weighted by Gasteiger charge is 2.27. The van der Waals surface area contributed by atoms with E-state index >= 15 is 0 Å². The van der Waals surface area contributed by atoms with E-state index in [-0.39, 0.29) is 21.4 Å². The van der Waals surface area contributed by atoms with Crippen molar-refractivity contribution < 1.29 is 22.3 Å². The van der Waals surface area contributed by atoms with Crippen molar-refractivity contribution in [3.63, 3.8) is 0 Å². The first-order valence-electron chi connectivity index (χ1n) is 10.3. The number of thioether (sulfide) groups is 1. The van der Waals surface area contributed by atoms with Crippen LogP contribution in [0.4, 0.5) is 10.1 Å². The van der Waals surface area contributed by atoms with Crippen molar-refractivity contribution in [2.45, 2.75) is 10.6 Å². The molecule has 1 N–H and O–H groups in total. The Bertz CT molecular complexity index is 1230. The van der Waals surface area contributed by atoms with Gasteiger partial charge in [0.2, 0.25) is 5.91 Å². The Morgan fingerprint density at radius 1 is 1.09 bits per heavy atom. The summed E-state index contributed by atoms with van der Waals surface area (Å²) >= 11 is 7.68. The lowest BCUT2D eigenvalue weighted by atomic mass is 10.2. The molecule has 10 heteroatoms. The number of nitrogens with one attached hydrogen (secondary N) is 1. The second kappa shape index (κ2) is 12.1. The van der Waals surface area contributed by atoms with Crippen molar-refractivity contribution in [2.75, 3.05) is 30.3 Å².